The molecule has 2 aromatic carbocycles. The van der Waals surface area contributed by atoms with Crippen LogP contribution in [0.25, 0.3) is 0 Å². The lowest BCUT2D eigenvalue weighted by Gasteiger charge is -2.22. The number of carbonyl (C=O) groups excluding carboxylic acids is 1. The predicted octanol–water partition coefficient (Wildman–Crippen LogP) is 5.34. The van der Waals surface area contributed by atoms with E-state index < -0.39 is 0 Å². The van der Waals surface area contributed by atoms with Gasteiger partial charge in [0, 0.05) is 21.7 Å². The van der Waals surface area contributed by atoms with Gasteiger partial charge in [0.1, 0.15) is 6.61 Å². The van der Waals surface area contributed by atoms with E-state index in [-0.39, 0.29) is 19.1 Å². The summed E-state index contributed by atoms with van der Waals surface area (Å²) >= 11 is 12.2. The fraction of sp³-hybridized carbons (Fsp3) is 0.417. The number of halogens is 2. The van der Waals surface area contributed by atoms with Gasteiger partial charge in [-0.15, -0.1) is 0 Å². The number of hydrogen-bond acceptors (Lipinski definition) is 5. The van der Waals surface area contributed by atoms with Crippen molar-refractivity contribution in [2.45, 2.75) is 51.7 Å². The third-order valence-electron chi connectivity index (χ3n) is 5.23. The first-order chi connectivity index (χ1) is 15.5. The van der Waals surface area contributed by atoms with Crippen molar-refractivity contribution in [3.8, 4) is 11.5 Å². The van der Waals surface area contributed by atoms with Gasteiger partial charge in [0.05, 0.1) is 19.4 Å². The molecule has 1 fully saturated rings. The summed E-state index contributed by atoms with van der Waals surface area (Å²) < 4.78 is 11.6. The highest BCUT2D eigenvalue weighted by atomic mass is 35.5. The van der Waals surface area contributed by atoms with E-state index in [9.17, 15) is 4.79 Å². The molecule has 0 radical (unpaired) electrons. The number of hydrazone groups is 1. The SMILES string of the molecule is CCOc1cc(/C=N\NC(=O)CNC2CCCCC2)ccc1OCc1ccc(Cl)cc1Cl. The molecular formula is C24H29Cl2N3O3. The number of benzene rings is 2. The quantitative estimate of drug-likeness (QED) is 0.357. The monoisotopic (exact) mass is 477 g/mol. The summed E-state index contributed by atoms with van der Waals surface area (Å²) in [7, 11) is 0. The van der Waals surface area contributed by atoms with E-state index in [1.165, 1.54) is 19.3 Å². The normalized spacial score (nSPS) is 14.5. The molecule has 0 heterocycles. The molecule has 172 valence electrons. The second-order valence-electron chi connectivity index (χ2n) is 7.67. The van der Waals surface area contributed by atoms with Crippen LogP contribution in [-0.4, -0.2) is 31.3 Å². The Labute approximate surface area is 199 Å². The van der Waals surface area contributed by atoms with Crippen molar-refractivity contribution in [1.82, 2.24) is 10.7 Å². The fourth-order valence-electron chi connectivity index (χ4n) is 3.55. The van der Waals surface area contributed by atoms with Crippen LogP contribution in [0.1, 0.15) is 50.2 Å². The third kappa shape index (κ3) is 7.69. The average Bonchev–Trinajstić information content (AvgIpc) is 2.79. The van der Waals surface area contributed by atoms with Gasteiger partial charge >= 0.3 is 0 Å². The first-order valence-electron chi connectivity index (χ1n) is 10.9. The molecule has 1 amide bonds. The molecule has 3 rings (SSSR count). The summed E-state index contributed by atoms with van der Waals surface area (Å²) in [5.41, 5.74) is 4.18. The van der Waals surface area contributed by atoms with Gasteiger partial charge in [0.15, 0.2) is 11.5 Å². The van der Waals surface area contributed by atoms with E-state index >= 15 is 0 Å². The van der Waals surface area contributed by atoms with Gasteiger partial charge in [-0.3, -0.25) is 4.79 Å². The lowest BCUT2D eigenvalue weighted by molar-refractivity contribution is -0.120. The Morgan fingerprint density at radius 3 is 2.66 bits per heavy atom. The minimum Gasteiger partial charge on any atom is -0.490 e. The number of nitrogens with one attached hydrogen (secondary N) is 2. The van der Waals surface area contributed by atoms with E-state index in [1.54, 1.807) is 18.3 Å². The molecule has 1 saturated carbocycles. The Balaban J connectivity index is 1.54. The van der Waals surface area contributed by atoms with Gasteiger partial charge in [0.2, 0.25) is 0 Å². The van der Waals surface area contributed by atoms with Gasteiger partial charge in [0.25, 0.3) is 5.91 Å². The number of amides is 1. The van der Waals surface area contributed by atoms with Crippen LogP contribution in [0.2, 0.25) is 10.0 Å². The molecule has 0 aliphatic heterocycles. The molecule has 8 heteroatoms. The summed E-state index contributed by atoms with van der Waals surface area (Å²) in [6.45, 7) is 2.95. The smallest absolute Gasteiger partial charge is 0.254 e. The first kappa shape index (κ1) is 24.4. The average molecular weight is 478 g/mol. The molecule has 2 N–H and O–H groups in total. The van der Waals surface area contributed by atoms with E-state index in [0.717, 1.165) is 24.0 Å². The van der Waals surface area contributed by atoms with E-state index in [0.29, 0.717) is 34.2 Å². The summed E-state index contributed by atoms with van der Waals surface area (Å²) in [4.78, 5) is 12.0. The van der Waals surface area contributed by atoms with Gasteiger partial charge in [-0.2, -0.15) is 5.10 Å². The van der Waals surface area contributed by atoms with E-state index in [1.807, 2.05) is 31.2 Å². The summed E-state index contributed by atoms with van der Waals surface area (Å²) in [5.74, 6) is 1.03. The summed E-state index contributed by atoms with van der Waals surface area (Å²) in [5, 5.41) is 8.48. The van der Waals surface area contributed by atoms with Crippen LogP contribution < -0.4 is 20.2 Å². The molecule has 2 aromatic rings. The van der Waals surface area contributed by atoms with Crippen molar-refractivity contribution >= 4 is 35.3 Å². The second kappa shape index (κ2) is 12.7. The minimum absolute atomic E-state index is 0.156. The number of nitrogens with zero attached hydrogens (tertiary/aromatic N) is 1. The highest BCUT2D eigenvalue weighted by molar-refractivity contribution is 6.35. The Morgan fingerprint density at radius 2 is 1.91 bits per heavy atom. The predicted molar refractivity (Wildman–Crippen MR) is 129 cm³/mol. The third-order valence-corrected chi connectivity index (χ3v) is 5.81. The topological polar surface area (TPSA) is 72.0 Å². The maximum absolute atomic E-state index is 12.0. The number of ether oxygens (including phenoxy) is 2. The highest BCUT2D eigenvalue weighted by Gasteiger charge is 2.13. The number of rotatable bonds is 10. The lowest BCUT2D eigenvalue weighted by Crippen LogP contribution is -2.38. The van der Waals surface area contributed by atoms with Crippen LogP contribution in [0.3, 0.4) is 0 Å². The van der Waals surface area contributed by atoms with Gasteiger partial charge < -0.3 is 14.8 Å². The van der Waals surface area contributed by atoms with Crippen LogP contribution in [0.15, 0.2) is 41.5 Å². The molecular weight excluding hydrogens is 449 g/mol. The van der Waals surface area contributed by atoms with Gasteiger partial charge in [-0.25, -0.2) is 5.43 Å². The zero-order valence-electron chi connectivity index (χ0n) is 18.2. The molecule has 0 spiro atoms. The Bertz CT molecular complexity index is 931. The molecule has 6 nitrogen and oxygen atoms in total. The zero-order chi connectivity index (χ0) is 22.8. The maximum Gasteiger partial charge on any atom is 0.254 e. The Kier molecular flexibility index (Phi) is 9.65. The number of carbonyl (C=O) groups is 1. The summed E-state index contributed by atoms with van der Waals surface area (Å²) in [6.07, 6.45) is 7.60. The molecule has 1 aliphatic carbocycles. The molecule has 0 bridgehead atoms. The standard InChI is InChI=1S/C24H29Cl2N3O3/c1-2-31-23-12-17(14-28-29-24(30)15-27-20-6-4-3-5-7-20)8-11-22(23)32-16-18-9-10-19(25)13-21(18)26/h8-14,20,27H,2-7,15-16H2,1H3,(H,29,30)/b28-14-. The van der Waals surface area contributed by atoms with E-state index in [2.05, 4.69) is 15.8 Å². The van der Waals surface area contributed by atoms with Crippen LogP contribution >= 0.6 is 23.2 Å². The molecule has 0 saturated heterocycles. The molecule has 0 atom stereocenters. The van der Waals surface area contributed by atoms with Crippen LogP contribution in [0, 0.1) is 0 Å². The maximum atomic E-state index is 12.0. The number of hydrogen-bond donors (Lipinski definition) is 2. The van der Waals surface area contributed by atoms with Crippen molar-refractivity contribution in [3.63, 3.8) is 0 Å². The Hall–Kier alpha value is -2.28. The molecule has 1 aliphatic rings. The molecule has 0 aromatic heterocycles. The first-order valence-corrected chi connectivity index (χ1v) is 11.7. The second-order valence-corrected chi connectivity index (χ2v) is 8.52. The summed E-state index contributed by atoms with van der Waals surface area (Å²) in [6, 6.07) is 11.2. The van der Waals surface area contributed by atoms with Crippen molar-refractivity contribution in [2.24, 2.45) is 5.10 Å². The Morgan fingerprint density at radius 1 is 1.09 bits per heavy atom. The van der Waals surface area contributed by atoms with Crippen molar-refractivity contribution in [2.75, 3.05) is 13.2 Å². The zero-order valence-corrected chi connectivity index (χ0v) is 19.7. The largest absolute Gasteiger partial charge is 0.490 e. The molecule has 0 unspecified atom stereocenters. The van der Waals surface area contributed by atoms with Crippen LogP contribution in [0.4, 0.5) is 0 Å². The van der Waals surface area contributed by atoms with Crippen molar-refractivity contribution < 1.29 is 14.3 Å². The minimum atomic E-state index is -0.156. The highest BCUT2D eigenvalue weighted by Crippen LogP contribution is 2.30. The van der Waals surface area contributed by atoms with Gasteiger partial charge in [-0.1, -0.05) is 48.5 Å². The molecule has 32 heavy (non-hydrogen) atoms. The van der Waals surface area contributed by atoms with E-state index in [4.69, 9.17) is 32.7 Å². The fourth-order valence-corrected chi connectivity index (χ4v) is 4.01. The van der Waals surface area contributed by atoms with Crippen LogP contribution in [0.5, 0.6) is 11.5 Å². The van der Waals surface area contributed by atoms with Crippen molar-refractivity contribution in [3.05, 3.63) is 57.6 Å². The van der Waals surface area contributed by atoms with Gasteiger partial charge in [-0.05, 0) is 55.7 Å². The van der Waals surface area contributed by atoms with Crippen molar-refractivity contribution in [1.29, 1.82) is 0 Å². The lowest BCUT2D eigenvalue weighted by atomic mass is 9.95. The van der Waals surface area contributed by atoms with Crippen LogP contribution in [-0.2, 0) is 11.4 Å².